The molecule has 9 heteroatoms. The number of benzene rings is 2. The second-order valence-corrected chi connectivity index (χ2v) is 8.66. The van der Waals surface area contributed by atoms with E-state index in [1.54, 1.807) is 23.5 Å². The van der Waals surface area contributed by atoms with Crippen LogP contribution in [0.4, 0.5) is 4.79 Å². The van der Waals surface area contributed by atoms with Gasteiger partial charge in [-0.3, -0.25) is 10.2 Å². The van der Waals surface area contributed by atoms with Gasteiger partial charge in [-0.25, -0.2) is 15.2 Å². The predicted octanol–water partition coefficient (Wildman–Crippen LogP) is 4.57. The molecule has 0 saturated heterocycles. The largest absolute Gasteiger partial charge is 0.444 e. The highest BCUT2D eigenvalue weighted by Gasteiger charge is 2.08. The van der Waals surface area contributed by atoms with Gasteiger partial charge in [-0.2, -0.15) is 0 Å². The van der Waals surface area contributed by atoms with Crippen molar-refractivity contribution in [1.29, 1.82) is 0 Å². The highest BCUT2D eigenvalue weighted by atomic mass is 32.2. The normalized spacial score (nSPS) is 10.8. The zero-order valence-electron chi connectivity index (χ0n) is 17.9. The predicted molar refractivity (Wildman–Crippen MR) is 132 cm³/mol. The summed E-state index contributed by atoms with van der Waals surface area (Å²) in [6.07, 6.45) is 2.73. The highest BCUT2D eigenvalue weighted by molar-refractivity contribution is 7.99. The van der Waals surface area contributed by atoms with Crippen LogP contribution in [0.25, 0.3) is 11.3 Å². The SMILES string of the molecule is O=C(CSCc1nc(-c2ccccc2)cs1)NNC(=O)OC/C=C/COCc1ccccc1. The number of aromatic nitrogens is 1. The van der Waals surface area contributed by atoms with Crippen LogP contribution in [0.5, 0.6) is 0 Å². The van der Waals surface area contributed by atoms with E-state index >= 15 is 0 Å². The van der Waals surface area contributed by atoms with Gasteiger partial charge in [-0.15, -0.1) is 23.1 Å². The molecule has 7 nitrogen and oxygen atoms in total. The van der Waals surface area contributed by atoms with Crippen LogP contribution in [-0.4, -0.2) is 36.0 Å². The van der Waals surface area contributed by atoms with Crippen molar-refractivity contribution >= 4 is 35.1 Å². The number of hydrogen-bond donors (Lipinski definition) is 2. The Morgan fingerprint density at radius 1 is 0.970 bits per heavy atom. The molecule has 0 radical (unpaired) electrons. The van der Waals surface area contributed by atoms with Gasteiger partial charge in [0.05, 0.1) is 24.7 Å². The number of hydrogen-bond acceptors (Lipinski definition) is 7. The molecule has 1 heterocycles. The number of thiazole rings is 1. The first-order chi connectivity index (χ1) is 16.2. The molecule has 3 aromatic rings. The Hall–Kier alpha value is -3.14. The Kier molecular flexibility index (Phi) is 10.5. The summed E-state index contributed by atoms with van der Waals surface area (Å²) in [5, 5.41) is 2.95. The van der Waals surface area contributed by atoms with E-state index in [-0.39, 0.29) is 18.3 Å². The van der Waals surface area contributed by atoms with Gasteiger partial charge < -0.3 is 9.47 Å². The van der Waals surface area contributed by atoms with Gasteiger partial charge in [0, 0.05) is 16.7 Å². The summed E-state index contributed by atoms with van der Waals surface area (Å²) in [7, 11) is 0. The molecular formula is C24H25N3O4S2. The first-order valence-corrected chi connectivity index (χ1v) is 12.3. The lowest BCUT2D eigenvalue weighted by atomic mass is 10.2. The minimum absolute atomic E-state index is 0.0823. The molecule has 0 fully saturated rings. The molecule has 2 aromatic carbocycles. The Balaban J connectivity index is 1.21. The number of nitrogens with one attached hydrogen (secondary N) is 2. The smallest absolute Gasteiger partial charge is 0.426 e. The molecule has 0 unspecified atom stereocenters. The molecule has 0 aliphatic carbocycles. The van der Waals surface area contributed by atoms with E-state index in [0.29, 0.717) is 19.0 Å². The molecule has 0 aliphatic rings. The summed E-state index contributed by atoms with van der Waals surface area (Å²) >= 11 is 2.98. The van der Waals surface area contributed by atoms with Crippen molar-refractivity contribution in [3.05, 3.63) is 88.8 Å². The van der Waals surface area contributed by atoms with Crippen LogP contribution in [0.1, 0.15) is 10.6 Å². The van der Waals surface area contributed by atoms with E-state index in [0.717, 1.165) is 21.8 Å². The van der Waals surface area contributed by atoms with Crippen molar-refractivity contribution in [2.75, 3.05) is 19.0 Å². The van der Waals surface area contributed by atoms with E-state index in [1.807, 2.05) is 66.0 Å². The second kappa shape index (κ2) is 14.1. The molecule has 0 aliphatic heterocycles. The molecule has 2 amide bonds. The summed E-state index contributed by atoms with van der Waals surface area (Å²) < 4.78 is 10.4. The van der Waals surface area contributed by atoms with Crippen LogP contribution >= 0.6 is 23.1 Å². The summed E-state index contributed by atoms with van der Waals surface area (Å²) in [6, 6.07) is 19.8. The van der Waals surface area contributed by atoms with E-state index in [4.69, 9.17) is 9.47 Å². The molecule has 172 valence electrons. The molecule has 0 spiro atoms. The third-order valence-corrected chi connectivity index (χ3v) is 6.16. The number of rotatable bonds is 11. The lowest BCUT2D eigenvalue weighted by Gasteiger charge is -2.06. The Morgan fingerprint density at radius 2 is 1.70 bits per heavy atom. The fraction of sp³-hybridized carbons (Fsp3) is 0.208. The average molecular weight is 484 g/mol. The number of nitrogens with zero attached hydrogens (tertiary/aromatic N) is 1. The van der Waals surface area contributed by atoms with Crippen LogP contribution in [0.15, 0.2) is 78.2 Å². The number of carbonyl (C=O) groups excluding carboxylic acids is 2. The molecule has 3 rings (SSSR count). The topological polar surface area (TPSA) is 89.6 Å². The molecule has 0 saturated carbocycles. The summed E-state index contributed by atoms with van der Waals surface area (Å²) in [4.78, 5) is 28.1. The van der Waals surface area contributed by atoms with Crippen molar-refractivity contribution in [3.63, 3.8) is 0 Å². The monoisotopic (exact) mass is 483 g/mol. The van der Waals surface area contributed by atoms with Crippen molar-refractivity contribution in [1.82, 2.24) is 15.8 Å². The Bertz CT molecular complexity index is 1030. The average Bonchev–Trinajstić information content (AvgIpc) is 3.32. The fourth-order valence-electron chi connectivity index (χ4n) is 2.62. The van der Waals surface area contributed by atoms with Crippen LogP contribution in [0.3, 0.4) is 0 Å². The highest BCUT2D eigenvalue weighted by Crippen LogP contribution is 2.24. The van der Waals surface area contributed by atoms with Crippen molar-refractivity contribution in [2.45, 2.75) is 12.4 Å². The first kappa shape index (κ1) is 24.5. The third-order valence-electron chi connectivity index (χ3n) is 4.19. The van der Waals surface area contributed by atoms with E-state index in [1.165, 1.54) is 11.8 Å². The van der Waals surface area contributed by atoms with Crippen molar-refractivity contribution in [3.8, 4) is 11.3 Å². The number of hydrazine groups is 1. The zero-order chi connectivity index (χ0) is 23.1. The van der Waals surface area contributed by atoms with Crippen molar-refractivity contribution in [2.24, 2.45) is 0 Å². The first-order valence-electron chi connectivity index (χ1n) is 10.3. The van der Waals surface area contributed by atoms with Gasteiger partial charge in [0.15, 0.2) is 0 Å². The molecule has 0 bridgehead atoms. The van der Waals surface area contributed by atoms with Gasteiger partial charge in [-0.05, 0) is 11.6 Å². The van der Waals surface area contributed by atoms with Gasteiger partial charge in [0.1, 0.15) is 11.6 Å². The number of amides is 2. The fourth-order valence-corrected chi connectivity index (χ4v) is 4.33. The third kappa shape index (κ3) is 9.48. The number of carbonyl (C=O) groups is 2. The lowest BCUT2D eigenvalue weighted by Crippen LogP contribution is -2.42. The van der Waals surface area contributed by atoms with E-state index < -0.39 is 6.09 Å². The van der Waals surface area contributed by atoms with Gasteiger partial charge >= 0.3 is 6.09 Å². The van der Waals surface area contributed by atoms with Crippen LogP contribution in [0, 0.1) is 0 Å². The molecular weight excluding hydrogens is 458 g/mol. The van der Waals surface area contributed by atoms with Crippen LogP contribution in [-0.2, 0) is 26.6 Å². The summed E-state index contributed by atoms with van der Waals surface area (Å²) in [5.74, 6) is 0.493. The maximum atomic E-state index is 11.9. The standard InChI is InChI=1S/C24H25N3O4S2/c28-22(17-32-18-23-25-21(16-33-23)20-11-5-2-6-12-20)26-27-24(29)31-14-8-7-13-30-15-19-9-3-1-4-10-19/h1-12,16H,13-15,17-18H2,(H,26,28)(H,27,29)/b8-7+. The maximum Gasteiger partial charge on any atom is 0.426 e. The number of thioether (sulfide) groups is 1. The Morgan fingerprint density at radius 3 is 2.48 bits per heavy atom. The summed E-state index contributed by atoms with van der Waals surface area (Å²) in [5.41, 5.74) is 7.66. The van der Waals surface area contributed by atoms with E-state index in [2.05, 4.69) is 15.8 Å². The summed E-state index contributed by atoms with van der Waals surface area (Å²) in [6.45, 7) is 1.02. The molecule has 1 aromatic heterocycles. The van der Waals surface area contributed by atoms with Gasteiger partial charge in [0.2, 0.25) is 5.91 Å². The molecule has 0 atom stereocenters. The van der Waals surface area contributed by atoms with Gasteiger partial charge in [-0.1, -0.05) is 66.7 Å². The molecule has 2 N–H and O–H groups in total. The minimum Gasteiger partial charge on any atom is -0.444 e. The van der Waals surface area contributed by atoms with Crippen LogP contribution < -0.4 is 10.9 Å². The van der Waals surface area contributed by atoms with Crippen molar-refractivity contribution < 1.29 is 19.1 Å². The quantitative estimate of drug-likeness (QED) is 0.236. The second-order valence-electron chi connectivity index (χ2n) is 6.73. The Labute approximate surface area is 201 Å². The number of ether oxygens (including phenoxy) is 2. The lowest BCUT2D eigenvalue weighted by molar-refractivity contribution is -0.119. The van der Waals surface area contributed by atoms with Gasteiger partial charge in [0.25, 0.3) is 0 Å². The molecule has 33 heavy (non-hydrogen) atoms. The maximum absolute atomic E-state index is 11.9. The zero-order valence-corrected chi connectivity index (χ0v) is 19.6. The minimum atomic E-state index is -0.726. The van der Waals surface area contributed by atoms with Crippen LogP contribution in [0.2, 0.25) is 0 Å². The van der Waals surface area contributed by atoms with E-state index in [9.17, 15) is 9.59 Å².